The van der Waals surface area contributed by atoms with Gasteiger partial charge in [-0.2, -0.15) is 0 Å². The molecule has 1 atom stereocenters. The summed E-state index contributed by atoms with van der Waals surface area (Å²) in [5.41, 5.74) is -0.0296. The number of pyridine rings is 1. The molecule has 0 radical (unpaired) electrons. The molecule has 0 aliphatic heterocycles. The molecule has 1 amide bonds. The molecule has 1 aromatic heterocycles. The zero-order valence-electron chi connectivity index (χ0n) is 15.2. The number of aromatic nitrogens is 1. The number of hydrogen-bond donors (Lipinski definition) is 3. The van der Waals surface area contributed by atoms with Crippen LogP contribution in [-0.2, 0) is 0 Å². The minimum absolute atomic E-state index is 0.0434. The SMILES string of the molecule is Cc1cc(F)cc2c(=O)c(C(=O)NCC(C)(C)C(O)C(C)C)c[nH]c12. The number of aliphatic hydroxyl groups excluding tert-OH is 1. The summed E-state index contributed by atoms with van der Waals surface area (Å²) in [6.07, 6.45) is 0.746. The van der Waals surface area contributed by atoms with Gasteiger partial charge in [0.25, 0.3) is 5.91 Å². The molecule has 6 heteroatoms. The second kappa shape index (κ2) is 6.96. The van der Waals surface area contributed by atoms with E-state index in [1.165, 1.54) is 12.3 Å². The Kier molecular flexibility index (Phi) is 5.32. The molecule has 0 saturated heterocycles. The van der Waals surface area contributed by atoms with E-state index in [2.05, 4.69) is 10.3 Å². The largest absolute Gasteiger partial charge is 0.392 e. The van der Waals surface area contributed by atoms with Gasteiger partial charge < -0.3 is 15.4 Å². The van der Waals surface area contributed by atoms with E-state index in [4.69, 9.17) is 0 Å². The van der Waals surface area contributed by atoms with Crippen LogP contribution in [0.1, 0.15) is 43.6 Å². The Morgan fingerprint density at radius 3 is 2.60 bits per heavy atom. The molecular formula is C19H25FN2O3. The number of aliphatic hydroxyl groups is 1. The quantitative estimate of drug-likeness (QED) is 0.777. The van der Waals surface area contributed by atoms with Crippen molar-refractivity contribution in [1.82, 2.24) is 10.3 Å². The first-order chi connectivity index (χ1) is 11.5. The molecule has 2 rings (SSSR count). The minimum Gasteiger partial charge on any atom is -0.392 e. The highest BCUT2D eigenvalue weighted by molar-refractivity contribution is 5.97. The van der Waals surface area contributed by atoms with Crippen LogP contribution in [-0.4, -0.2) is 28.6 Å². The molecule has 1 aromatic carbocycles. The number of carbonyl (C=O) groups is 1. The third kappa shape index (κ3) is 3.90. The van der Waals surface area contributed by atoms with E-state index in [1.807, 2.05) is 27.7 Å². The van der Waals surface area contributed by atoms with Crippen molar-refractivity contribution in [3.8, 4) is 0 Å². The van der Waals surface area contributed by atoms with Crippen molar-refractivity contribution >= 4 is 16.8 Å². The molecule has 0 fully saturated rings. The highest BCUT2D eigenvalue weighted by Gasteiger charge is 2.31. The summed E-state index contributed by atoms with van der Waals surface area (Å²) in [6.45, 7) is 9.41. The second-order valence-corrected chi connectivity index (χ2v) is 7.54. The van der Waals surface area contributed by atoms with Crippen molar-refractivity contribution in [2.24, 2.45) is 11.3 Å². The van der Waals surface area contributed by atoms with Gasteiger partial charge in [0.1, 0.15) is 11.4 Å². The Labute approximate surface area is 146 Å². The minimum atomic E-state index is -0.598. The topological polar surface area (TPSA) is 82.2 Å². The van der Waals surface area contributed by atoms with Crippen molar-refractivity contribution in [3.63, 3.8) is 0 Å². The van der Waals surface area contributed by atoms with Crippen molar-refractivity contribution in [2.45, 2.75) is 40.7 Å². The summed E-state index contributed by atoms with van der Waals surface area (Å²) >= 11 is 0. The molecular weight excluding hydrogens is 323 g/mol. The molecule has 3 N–H and O–H groups in total. The van der Waals surface area contributed by atoms with Gasteiger partial charge in [-0.3, -0.25) is 9.59 Å². The lowest BCUT2D eigenvalue weighted by molar-refractivity contribution is 0.0138. The predicted octanol–water partition coefficient (Wildman–Crippen LogP) is 2.75. The Balaban J connectivity index is 2.29. The Morgan fingerprint density at radius 1 is 1.36 bits per heavy atom. The zero-order chi connectivity index (χ0) is 18.9. The number of aromatic amines is 1. The van der Waals surface area contributed by atoms with Crippen LogP contribution < -0.4 is 10.7 Å². The van der Waals surface area contributed by atoms with E-state index in [9.17, 15) is 19.1 Å². The van der Waals surface area contributed by atoms with Crippen molar-refractivity contribution < 1.29 is 14.3 Å². The Morgan fingerprint density at radius 2 is 2.00 bits per heavy atom. The average Bonchev–Trinajstić information content (AvgIpc) is 2.52. The number of rotatable bonds is 5. The first-order valence-corrected chi connectivity index (χ1v) is 8.32. The fourth-order valence-corrected chi connectivity index (χ4v) is 3.05. The van der Waals surface area contributed by atoms with Crippen LogP contribution in [0, 0.1) is 24.1 Å². The maximum atomic E-state index is 13.6. The summed E-state index contributed by atoms with van der Waals surface area (Å²) in [6, 6.07) is 2.46. The van der Waals surface area contributed by atoms with Crippen LogP contribution in [0.25, 0.3) is 10.9 Å². The molecule has 1 unspecified atom stereocenters. The number of amides is 1. The summed E-state index contributed by atoms with van der Waals surface area (Å²) in [5, 5.41) is 13.1. The van der Waals surface area contributed by atoms with E-state index < -0.39 is 28.7 Å². The number of benzene rings is 1. The predicted molar refractivity (Wildman–Crippen MR) is 96.2 cm³/mol. The van der Waals surface area contributed by atoms with Gasteiger partial charge >= 0.3 is 0 Å². The highest BCUT2D eigenvalue weighted by atomic mass is 19.1. The molecule has 0 aliphatic carbocycles. The second-order valence-electron chi connectivity index (χ2n) is 7.54. The first kappa shape index (κ1) is 19.1. The number of H-pyrrole nitrogens is 1. The third-order valence-electron chi connectivity index (χ3n) is 4.53. The van der Waals surface area contributed by atoms with Gasteiger partial charge in [-0.1, -0.05) is 27.7 Å². The van der Waals surface area contributed by atoms with Gasteiger partial charge in [0.15, 0.2) is 0 Å². The van der Waals surface area contributed by atoms with Crippen LogP contribution in [0.3, 0.4) is 0 Å². The van der Waals surface area contributed by atoms with E-state index >= 15 is 0 Å². The average molecular weight is 348 g/mol. The van der Waals surface area contributed by atoms with E-state index in [1.54, 1.807) is 6.92 Å². The van der Waals surface area contributed by atoms with E-state index in [0.29, 0.717) is 11.1 Å². The van der Waals surface area contributed by atoms with Gasteiger partial charge in [0.05, 0.1) is 11.6 Å². The highest BCUT2D eigenvalue weighted by Crippen LogP contribution is 2.25. The summed E-state index contributed by atoms with van der Waals surface area (Å²) in [7, 11) is 0. The molecule has 0 spiro atoms. The Hall–Kier alpha value is -2.21. The molecule has 2 aromatic rings. The summed E-state index contributed by atoms with van der Waals surface area (Å²) < 4.78 is 13.6. The number of fused-ring (bicyclic) bond motifs is 1. The smallest absolute Gasteiger partial charge is 0.256 e. The van der Waals surface area contributed by atoms with Crippen molar-refractivity contribution in [3.05, 3.63) is 45.5 Å². The van der Waals surface area contributed by atoms with E-state index in [-0.39, 0.29) is 23.4 Å². The van der Waals surface area contributed by atoms with E-state index in [0.717, 1.165) is 6.07 Å². The lowest BCUT2D eigenvalue weighted by Crippen LogP contribution is -2.44. The van der Waals surface area contributed by atoms with Crippen LogP contribution in [0.2, 0.25) is 0 Å². The number of carbonyl (C=O) groups excluding carboxylic acids is 1. The molecule has 0 aliphatic rings. The standard InChI is InChI=1S/C19H25FN2O3/c1-10(2)17(24)19(4,5)9-22-18(25)14-8-21-15-11(3)6-12(20)7-13(15)16(14)23/h6-8,10,17,24H,9H2,1-5H3,(H,21,23)(H,22,25). The van der Waals surface area contributed by atoms with Gasteiger partial charge in [-0.15, -0.1) is 0 Å². The fourth-order valence-electron chi connectivity index (χ4n) is 3.05. The van der Waals surface area contributed by atoms with Crippen LogP contribution in [0.5, 0.6) is 0 Å². The van der Waals surface area contributed by atoms with Crippen LogP contribution in [0.15, 0.2) is 23.1 Å². The molecule has 25 heavy (non-hydrogen) atoms. The normalized spacial score (nSPS) is 13.3. The van der Waals surface area contributed by atoms with Crippen LogP contribution >= 0.6 is 0 Å². The van der Waals surface area contributed by atoms with Crippen molar-refractivity contribution in [1.29, 1.82) is 0 Å². The van der Waals surface area contributed by atoms with Crippen molar-refractivity contribution in [2.75, 3.05) is 6.54 Å². The maximum Gasteiger partial charge on any atom is 0.256 e. The number of nitrogens with one attached hydrogen (secondary N) is 2. The zero-order valence-corrected chi connectivity index (χ0v) is 15.2. The molecule has 136 valence electrons. The molecule has 0 saturated carbocycles. The summed E-state index contributed by atoms with van der Waals surface area (Å²) in [4.78, 5) is 27.9. The number of halogens is 1. The van der Waals surface area contributed by atoms with Crippen LogP contribution in [0.4, 0.5) is 4.39 Å². The van der Waals surface area contributed by atoms with Gasteiger partial charge in [-0.05, 0) is 30.5 Å². The molecule has 0 bridgehead atoms. The van der Waals surface area contributed by atoms with Gasteiger partial charge in [0, 0.05) is 23.5 Å². The maximum absolute atomic E-state index is 13.6. The fraction of sp³-hybridized carbons (Fsp3) is 0.474. The number of aryl methyl sites for hydroxylation is 1. The molecule has 5 nitrogen and oxygen atoms in total. The first-order valence-electron chi connectivity index (χ1n) is 8.32. The lowest BCUT2D eigenvalue weighted by atomic mass is 9.80. The van der Waals surface area contributed by atoms with Gasteiger partial charge in [-0.25, -0.2) is 4.39 Å². The number of hydrogen-bond acceptors (Lipinski definition) is 3. The summed E-state index contributed by atoms with van der Waals surface area (Å²) in [5.74, 6) is -1.02. The van der Waals surface area contributed by atoms with Gasteiger partial charge in [0.2, 0.25) is 5.43 Å². The Bertz CT molecular complexity index is 856. The lowest BCUT2D eigenvalue weighted by Gasteiger charge is -2.33. The third-order valence-corrected chi connectivity index (χ3v) is 4.53. The molecule has 1 heterocycles. The monoisotopic (exact) mass is 348 g/mol.